The predicted molar refractivity (Wildman–Crippen MR) is 58.5 cm³/mol. The Labute approximate surface area is 99.3 Å². The third kappa shape index (κ3) is 1.03. The molecule has 6 atom stereocenters. The van der Waals surface area contributed by atoms with Gasteiger partial charge >= 0.3 is 0 Å². The Hall–Kier alpha value is -1.16. The summed E-state index contributed by atoms with van der Waals surface area (Å²) in [6.45, 7) is 0.0337. The zero-order valence-electron chi connectivity index (χ0n) is 9.45. The van der Waals surface area contributed by atoms with Crippen LogP contribution in [0.2, 0.25) is 0 Å². The Kier molecular flexibility index (Phi) is 1.73. The van der Waals surface area contributed by atoms with Gasteiger partial charge < -0.3 is 5.11 Å². The minimum atomic E-state index is -0.132. The van der Waals surface area contributed by atoms with E-state index in [1.165, 1.54) is 11.3 Å². The van der Waals surface area contributed by atoms with E-state index in [9.17, 15) is 9.59 Å². The summed E-state index contributed by atoms with van der Waals surface area (Å²) in [5.74, 6) is 1.55. The topological polar surface area (TPSA) is 57.6 Å². The lowest BCUT2D eigenvalue weighted by atomic mass is 9.63. The van der Waals surface area contributed by atoms with Crippen LogP contribution in [-0.4, -0.2) is 35.0 Å². The van der Waals surface area contributed by atoms with E-state index in [0.717, 1.165) is 0 Å². The Morgan fingerprint density at radius 2 is 1.65 bits per heavy atom. The van der Waals surface area contributed by atoms with E-state index in [4.69, 9.17) is 5.11 Å². The van der Waals surface area contributed by atoms with E-state index >= 15 is 0 Å². The second-order valence-corrected chi connectivity index (χ2v) is 5.71. The van der Waals surface area contributed by atoms with Gasteiger partial charge in [0.1, 0.15) is 0 Å². The Bertz CT molecular complexity index is 408. The van der Waals surface area contributed by atoms with Gasteiger partial charge in [-0.2, -0.15) is 0 Å². The van der Waals surface area contributed by atoms with Crippen molar-refractivity contribution in [2.45, 2.75) is 6.42 Å². The van der Waals surface area contributed by atoms with Crippen molar-refractivity contribution in [3.8, 4) is 0 Å². The number of hydrogen-bond donors (Lipinski definition) is 1. The number of β-amino-alcohol motifs (C(OH)–C–C–N with tert-alkyl or cyclic N) is 1. The molecule has 0 aromatic rings. The average molecular weight is 233 g/mol. The summed E-state index contributed by atoms with van der Waals surface area (Å²) in [7, 11) is 0. The monoisotopic (exact) mass is 233 g/mol. The minimum absolute atomic E-state index is 0.0428. The Balaban J connectivity index is 1.74. The number of carbonyl (C=O) groups is 2. The van der Waals surface area contributed by atoms with Gasteiger partial charge in [-0.05, 0) is 30.1 Å². The second-order valence-electron chi connectivity index (χ2n) is 5.71. The van der Waals surface area contributed by atoms with Gasteiger partial charge in [-0.15, -0.1) is 0 Å². The molecule has 2 amide bonds. The molecule has 3 fully saturated rings. The molecule has 0 unspecified atom stereocenters. The number of likely N-dealkylation sites (tertiary alicyclic amines) is 1. The number of amides is 2. The van der Waals surface area contributed by atoms with Crippen molar-refractivity contribution in [2.75, 3.05) is 13.2 Å². The summed E-state index contributed by atoms with van der Waals surface area (Å²) in [6, 6.07) is 0. The highest BCUT2D eigenvalue weighted by Gasteiger charge is 2.66. The smallest absolute Gasteiger partial charge is 0.233 e. The highest BCUT2D eigenvalue weighted by molar-refractivity contribution is 6.06. The molecule has 1 aliphatic heterocycles. The average Bonchev–Trinajstić information content (AvgIpc) is 3.11. The van der Waals surface area contributed by atoms with E-state index in [-0.39, 0.29) is 48.6 Å². The molecule has 0 radical (unpaired) electrons. The van der Waals surface area contributed by atoms with Crippen LogP contribution in [0.25, 0.3) is 0 Å². The summed E-state index contributed by atoms with van der Waals surface area (Å²) >= 11 is 0. The standard InChI is InChI=1S/C13H15NO3/c15-4-3-14-12(16)10-6-1-2-7(9-5-8(6)9)11(10)13(14)17/h1-2,6-11,15H,3-5H2/t6-,7-,8-,9+,10-,11-/m1/s1. The molecule has 4 aliphatic carbocycles. The highest BCUT2D eigenvalue weighted by Crippen LogP contribution is 2.65. The molecule has 1 N–H and O–H groups in total. The normalized spacial score (nSPS) is 49.6. The van der Waals surface area contributed by atoms with Crippen LogP contribution in [0.3, 0.4) is 0 Å². The number of nitrogens with zero attached hydrogens (tertiary/aromatic N) is 1. The summed E-state index contributed by atoms with van der Waals surface area (Å²) in [5.41, 5.74) is 0. The molecule has 0 aromatic carbocycles. The summed E-state index contributed by atoms with van der Waals surface area (Å²) in [4.78, 5) is 25.8. The van der Waals surface area contributed by atoms with Crippen LogP contribution < -0.4 is 0 Å². The predicted octanol–water partition coefficient (Wildman–Crippen LogP) is 0.0318. The molecular weight excluding hydrogens is 218 g/mol. The zero-order chi connectivity index (χ0) is 11.7. The Morgan fingerprint density at radius 1 is 1.12 bits per heavy atom. The number of allylic oxidation sites excluding steroid dienone is 2. The van der Waals surface area contributed by atoms with Crippen molar-refractivity contribution in [1.82, 2.24) is 4.90 Å². The molecule has 0 spiro atoms. The summed E-state index contributed by atoms with van der Waals surface area (Å²) < 4.78 is 0. The molecular formula is C13H15NO3. The third-order valence-electron chi connectivity index (χ3n) is 5.08. The number of imide groups is 1. The molecule has 90 valence electrons. The first kappa shape index (κ1) is 9.83. The molecule has 2 saturated carbocycles. The van der Waals surface area contributed by atoms with Crippen LogP contribution >= 0.6 is 0 Å². The number of aliphatic hydroxyl groups is 1. The maximum Gasteiger partial charge on any atom is 0.233 e. The van der Waals surface area contributed by atoms with Crippen molar-refractivity contribution in [1.29, 1.82) is 0 Å². The van der Waals surface area contributed by atoms with Crippen LogP contribution in [0.5, 0.6) is 0 Å². The lowest BCUT2D eigenvalue weighted by Crippen LogP contribution is -2.40. The van der Waals surface area contributed by atoms with Crippen LogP contribution in [0, 0.1) is 35.5 Å². The quantitative estimate of drug-likeness (QED) is 0.541. The molecule has 1 heterocycles. The van der Waals surface area contributed by atoms with Crippen molar-refractivity contribution >= 4 is 11.8 Å². The molecule has 5 rings (SSSR count). The van der Waals surface area contributed by atoms with Crippen molar-refractivity contribution < 1.29 is 14.7 Å². The maximum absolute atomic E-state index is 12.3. The van der Waals surface area contributed by atoms with Crippen molar-refractivity contribution in [3.05, 3.63) is 12.2 Å². The molecule has 5 aliphatic rings. The van der Waals surface area contributed by atoms with Gasteiger partial charge in [-0.3, -0.25) is 14.5 Å². The fourth-order valence-corrected chi connectivity index (χ4v) is 4.34. The van der Waals surface area contributed by atoms with E-state index in [0.29, 0.717) is 11.8 Å². The molecule has 4 heteroatoms. The molecule has 2 bridgehead atoms. The number of hydrogen-bond acceptors (Lipinski definition) is 3. The van der Waals surface area contributed by atoms with Gasteiger partial charge in [0.25, 0.3) is 0 Å². The van der Waals surface area contributed by atoms with Crippen LogP contribution in [-0.2, 0) is 9.59 Å². The van der Waals surface area contributed by atoms with Gasteiger partial charge in [0.2, 0.25) is 11.8 Å². The van der Waals surface area contributed by atoms with E-state index in [1.807, 2.05) is 0 Å². The van der Waals surface area contributed by atoms with Gasteiger partial charge in [0.15, 0.2) is 0 Å². The Morgan fingerprint density at radius 3 is 2.12 bits per heavy atom. The maximum atomic E-state index is 12.3. The van der Waals surface area contributed by atoms with E-state index in [1.54, 1.807) is 0 Å². The van der Waals surface area contributed by atoms with Crippen LogP contribution in [0.4, 0.5) is 0 Å². The number of rotatable bonds is 2. The fourth-order valence-electron chi connectivity index (χ4n) is 4.34. The van der Waals surface area contributed by atoms with E-state index in [2.05, 4.69) is 12.2 Å². The van der Waals surface area contributed by atoms with E-state index < -0.39 is 0 Å². The third-order valence-corrected chi connectivity index (χ3v) is 5.08. The molecule has 1 saturated heterocycles. The van der Waals surface area contributed by atoms with Gasteiger partial charge in [0.05, 0.1) is 25.0 Å². The first-order valence-electron chi connectivity index (χ1n) is 6.38. The number of carbonyl (C=O) groups excluding carboxylic acids is 2. The van der Waals surface area contributed by atoms with Crippen LogP contribution in [0.1, 0.15) is 6.42 Å². The minimum Gasteiger partial charge on any atom is -0.395 e. The molecule has 0 aromatic heterocycles. The number of aliphatic hydroxyl groups excluding tert-OH is 1. The molecule has 4 nitrogen and oxygen atoms in total. The van der Waals surface area contributed by atoms with Crippen molar-refractivity contribution in [2.24, 2.45) is 35.5 Å². The summed E-state index contributed by atoms with van der Waals surface area (Å²) in [6.07, 6.45) is 5.51. The highest BCUT2D eigenvalue weighted by atomic mass is 16.3. The van der Waals surface area contributed by atoms with Gasteiger partial charge in [-0.1, -0.05) is 12.2 Å². The zero-order valence-corrected chi connectivity index (χ0v) is 9.45. The summed E-state index contributed by atoms with van der Waals surface area (Å²) in [5, 5.41) is 8.94. The second kappa shape index (κ2) is 2.99. The lowest BCUT2D eigenvalue weighted by Gasteiger charge is -2.37. The lowest BCUT2D eigenvalue weighted by molar-refractivity contribution is -0.140. The van der Waals surface area contributed by atoms with Gasteiger partial charge in [0, 0.05) is 0 Å². The first-order valence-corrected chi connectivity index (χ1v) is 6.38. The molecule has 17 heavy (non-hydrogen) atoms. The fraction of sp³-hybridized carbons (Fsp3) is 0.692. The van der Waals surface area contributed by atoms with Crippen LogP contribution in [0.15, 0.2) is 12.2 Å². The largest absolute Gasteiger partial charge is 0.395 e. The first-order chi connectivity index (χ1) is 8.24. The van der Waals surface area contributed by atoms with Gasteiger partial charge in [-0.25, -0.2) is 0 Å². The SMILES string of the molecule is O=C1[C@@H]2[C@@H]3C=C[C@H]([C@@H]4C[C@H]34)[C@H]2C(=O)N1CCO. The van der Waals surface area contributed by atoms with Crippen molar-refractivity contribution in [3.63, 3.8) is 0 Å².